The number of carbonyl (C=O) groups excluding carboxylic acids is 1. The Labute approximate surface area is 175 Å². The molecular weight excluding hydrogens is 396 g/mol. The van der Waals surface area contributed by atoms with Crippen molar-refractivity contribution in [2.24, 2.45) is 0 Å². The maximum Gasteiger partial charge on any atom is 0.407 e. The quantitative estimate of drug-likeness (QED) is 0.798. The van der Waals surface area contributed by atoms with Crippen LogP contribution in [0.5, 0.6) is 0 Å². The van der Waals surface area contributed by atoms with Gasteiger partial charge in [0.05, 0.1) is 18.4 Å². The number of hydrogen-bond acceptors (Lipinski definition) is 6. The van der Waals surface area contributed by atoms with Crippen molar-refractivity contribution in [3.05, 3.63) is 21.6 Å². The van der Waals surface area contributed by atoms with Crippen LogP contribution in [-0.2, 0) is 9.47 Å². The summed E-state index contributed by atoms with van der Waals surface area (Å²) in [6.45, 7) is 1.79. The maximum absolute atomic E-state index is 12.7. The van der Waals surface area contributed by atoms with Gasteiger partial charge in [-0.25, -0.2) is 4.79 Å². The zero-order valence-corrected chi connectivity index (χ0v) is 17.4. The van der Waals surface area contributed by atoms with Crippen LogP contribution in [0.25, 0.3) is 0 Å². The van der Waals surface area contributed by atoms with E-state index < -0.39 is 0 Å². The van der Waals surface area contributed by atoms with Crippen LogP contribution < -0.4 is 15.8 Å². The zero-order chi connectivity index (χ0) is 20.2. The monoisotopic (exact) mass is 424 g/mol. The molecule has 1 N–H and O–H groups in total. The molecular formula is C20H29ClN4O4. The number of halogens is 1. The number of aromatic nitrogens is 2. The van der Waals surface area contributed by atoms with Crippen molar-refractivity contribution in [1.29, 1.82) is 0 Å². The molecule has 3 heterocycles. The van der Waals surface area contributed by atoms with Crippen molar-refractivity contribution in [2.45, 2.75) is 76.2 Å². The first-order chi connectivity index (χ1) is 14.1. The molecule has 160 valence electrons. The van der Waals surface area contributed by atoms with Crippen molar-refractivity contribution in [3.63, 3.8) is 0 Å². The van der Waals surface area contributed by atoms with Crippen LogP contribution in [-0.4, -0.2) is 47.7 Å². The molecule has 4 rings (SSSR count). The summed E-state index contributed by atoms with van der Waals surface area (Å²) in [6, 6.07) is 0.224. The van der Waals surface area contributed by atoms with Gasteiger partial charge in [0, 0.05) is 25.6 Å². The van der Waals surface area contributed by atoms with E-state index in [9.17, 15) is 9.59 Å². The summed E-state index contributed by atoms with van der Waals surface area (Å²) in [5, 5.41) is 7.42. The van der Waals surface area contributed by atoms with E-state index in [4.69, 9.17) is 21.1 Å². The minimum absolute atomic E-state index is 0.140. The molecule has 3 aliphatic rings. The second kappa shape index (κ2) is 9.34. The third-order valence-electron chi connectivity index (χ3n) is 6.04. The lowest BCUT2D eigenvalue weighted by Crippen LogP contribution is -2.39. The highest BCUT2D eigenvalue weighted by Crippen LogP contribution is 2.28. The molecule has 0 spiro atoms. The zero-order valence-electron chi connectivity index (χ0n) is 16.6. The van der Waals surface area contributed by atoms with Crippen molar-refractivity contribution < 1.29 is 14.3 Å². The van der Waals surface area contributed by atoms with Gasteiger partial charge in [-0.05, 0) is 32.1 Å². The van der Waals surface area contributed by atoms with Gasteiger partial charge in [0.25, 0.3) is 5.56 Å². The SMILES string of the molecule is O=C(NC1CCCCC1)OC1CCN(c2cnn(C3CCCCO3)c(=O)c2Cl)C1. The van der Waals surface area contributed by atoms with E-state index in [1.54, 1.807) is 6.20 Å². The summed E-state index contributed by atoms with van der Waals surface area (Å²) in [6.07, 6.45) is 9.77. The van der Waals surface area contributed by atoms with Crippen molar-refractivity contribution in [2.75, 3.05) is 24.6 Å². The molecule has 1 saturated carbocycles. The third-order valence-corrected chi connectivity index (χ3v) is 6.40. The van der Waals surface area contributed by atoms with Crippen LogP contribution in [0.2, 0.25) is 5.02 Å². The lowest BCUT2D eigenvalue weighted by molar-refractivity contribution is -0.0424. The fraction of sp³-hybridized carbons (Fsp3) is 0.750. The minimum atomic E-state index is -0.349. The summed E-state index contributed by atoms with van der Waals surface area (Å²) in [4.78, 5) is 26.8. The fourth-order valence-electron chi connectivity index (χ4n) is 4.42. The molecule has 0 radical (unpaired) electrons. The molecule has 0 aromatic carbocycles. The lowest BCUT2D eigenvalue weighted by atomic mass is 9.96. The van der Waals surface area contributed by atoms with E-state index in [1.807, 2.05) is 4.90 Å². The highest BCUT2D eigenvalue weighted by atomic mass is 35.5. The summed E-state index contributed by atoms with van der Waals surface area (Å²) >= 11 is 6.39. The number of nitrogens with zero attached hydrogens (tertiary/aromatic N) is 3. The number of hydrogen-bond donors (Lipinski definition) is 1. The maximum atomic E-state index is 12.7. The second-order valence-corrected chi connectivity index (χ2v) is 8.53. The Morgan fingerprint density at radius 3 is 2.72 bits per heavy atom. The van der Waals surface area contributed by atoms with Crippen LogP contribution >= 0.6 is 11.6 Å². The number of ether oxygens (including phenoxy) is 2. The molecule has 9 heteroatoms. The van der Waals surface area contributed by atoms with E-state index in [2.05, 4.69) is 10.4 Å². The topological polar surface area (TPSA) is 85.7 Å². The predicted octanol–water partition coefficient (Wildman–Crippen LogP) is 3.23. The standard InChI is InChI=1S/C20H29ClN4O4/c21-18-16(12-22-25(19(18)26)17-8-4-5-11-28-17)24-10-9-15(13-24)29-20(27)23-14-6-2-1-3-7-14/h12,14-15,17H,1-11,13H2,(H,23,27). The van der Waals surface area contributed by atoms with Crippen molar-refractivity contribution in [3.8, 4) is 0 Å². The molecule has 0 bridgehead atoms. The van der Waals surface area contributed by atoms with Gasteiger partial charge >= 0.3 is 6.09 Å². The first-order valence-electron chi connectivity index (χ1n) is 10.7. The number of nitrogens with one attached hydrogen (secondary N) is 1. The molecule has 3 fully saturated rings. The summed E-state index contributed by atoms with van der Waals surface area (Å²) < 4.78 is 12.6. The smallest absolute Gasteiger partial charge is 0.407 e. The molecule has 29 heavy (non-hydrogen) atoms. The number of alkyl carbamates (subject to hydrolysis) is 1. The minimum Gasteiger partial charge on any atom is -0.444 e. The highest BCUT2D eigenvalue weighted by molar-refractivity contribution is 6.33. The Bertz CT molecular complexity index is 774. The summed E-state index contributed by atoms with van der Waals surface area (Å²) in [7, 11) is 0. The molecule has 1 aromatic heterocycles. The van der Waals surface area contributed by atoms with Crippen LogP contribution in [0.4, 0.5) is 10.5 Å². The van der Waals surface area contributed by atoms with E-state index in [0.29, 0.717) is 31.8 Å². The Balaban J connectivity index is 1.35. The number of rotatable bonds is 4. The van der Waals surface area contributed by atoms with Gasteiger partial charge in [-0.2, -0.15) is 9.78 Å². The summed E-state index contributed by atoms with van der Waals surface area (Å²) in [5.74, 6) is 0. The van der Waals surface area contributed by atoms with Gasteiger partial charge in [0.1, 0.15) is 11.1 Å². The molecule has 2 atom stereocenters. The lowest BCUT2D eigenvalue weighted by Gasteiger charge is -2.25. The Kier molecular flexibility index (Phi) is 6.60. The molecule has 2 saturated heterocycles. The molecule has 8 nitrogen and oxygen atoms in total. The van der Waals surface area contributed by atoms with E-state index >= 15 is 0 Å². The van der Waals surface area contributed by atoms with Crippen molar-refractivity contribution in [1.82, 2.24) is 15.1 Å². The number of amides is 1. The van der Waals surface area contributed by atoms with Gasteiger partial charge < -0.3 is 19.7 Å². The second-order valence-electron chi connectivity index (χ2n) is 8.16. The van der Waals surface area contributed by atoms with Crippen LogP contribution in [0.1, 0.15) is 64.0 Å². The Morgan fingerprint density at radius 2 is 1.97 bits per heavy atom. The largest absolute Gasteiger partial charge is 0.444 e. The Hall–Kier alpha value is -1.80. The van der Waals surface area contributed by atoms with Gasteiger partial charge in [-0.15, -0.1) is 0 Å². The van der Waals surface area contributed by atoms with Crippen LogP contribution in [0.15, 0.2) is 11.0 Å². The number of anilines is 1. The molecule has 1 amide bonds. The summed E-state index contributed by atoms with van der Waals surface area (Å²) in [5.41, 5.74) is 0.248. The van der Waals surface area contributed by atoms with Gasteiger partial charge in [0.2, 0.25) is 0 Å². The van der Waals surface area contributed by atoms with Crippen molar-refractivity contribution >= 4 is 23.4 Å². The predicted molar refractivity (Wildman–Crippen MR) is 109 cm³/mol. The molecule has 2 unspecified atom stereocenters. The van der Waals surface area contributed by atoms with E-state index in [-0.39, 0.29) is 35.0 Å². The van der Waals surface area contributed by atoms with E-state index in [0.717, 1.165) is 44.9 Å². The van der Waals surface area contributed by atoms with E-state index in [1.165, 1.54) is 11.1 Å². The van der Waals surface area contributed by atoms with Crippen LogP contribution in [0, 0.1) is 0 Å². The number of carbonyl (C=O) groups is 1. The first-order valence-corrected chi connectivity index (χ1v) is 11.1. The molecule has 2 aliphatic heterocycles. The molecule has 1 aliphatic carbocycles. The first kappa shape index (κ1) is 20.5. The van der Waals surface area contributed by atoms with Crippen LogP contribution in [0.3, 0.4) is 0 Å². The molecule has 1 aromatic rings. The normalized spacial score (nSPS) is 25.8. The van der Waals surface area contributed by atoms with Gasteiger partial charge in [-0.3, -0.25) is 4.79 Å². The average molecular weight is 425 g/mol. The average Bonchev–Trinajstić information content (AvgIpc) is 3.19. The fourth-order valence-corrected chi connectivity index (χ4v) is 4.68. The third kappa shape index (κ3) is 4.86. The van der Waals surface area contributed by atoms with Gasteiger partial charge in [0.15, 0.2) is 6.23 Å². The van der Waals surface area contributed by atoms with Gasteiger partial charge in [-0.1, -0.05) is 30.9 Å². The Morgan fingerprint density at radius 1 is 1.17 bits per heavy atom. The highest BCUT2D eigenvalue weighted by Gasteiger charge is 2.30.